The summed E-state index contributed by atoms with van der Waals surface area (Å²) in [5.41, 5.74) is 11.5. The predicted octanol–water partition coefficient (Wildman–Crippen LogP) is -1.58. The van der Waals surface area contributed by atoms with Gasteiger partial charge in [-0.1, -0.05) is 12.1 Å². The van der Waals surface area contributed by atoms with Crippen LogP contribution >= 0.6 is 0 Å². The zero-order valence-corrected chi connectivity index (χ0v) is 16.0. The maximum atomic E-state index is 10.8. The summed E-state index contributed by atoms with van der Waals surface area (Å²) in [7, 11) is 0. The normalized spacial score (nSPS) is 9.27. The van der Waals surface area contributed by atoms with E-state index >= 15 is 0 Å². The second-order valence-corrected chi connectivity index (χ2v) is 4.06. The van der Waals surface area contributed by atoms with Gasteiger partial charge in [-0.2, -0.15) is 0 Å². The number of nitrogens with two attached hydrogens (primary N) is 2. The topological polar surface area (TPSA) is 138 Å². The maximum absolute atomic E-state index is 10.8. The molecule has 0 atom stereocenters. The van der Waals surface area contributed by atoms with Gasteiger partial charge in [-0.3, -0.25) is 20.2 Å². The molecule has 0 fully saturated rings. The second-order valence-electron chi connectivity index (χ2n) is 4.06. The number of nitro groups is 2. The molecule has 2 aromatic carbocycles. The third-order valence-corrected chi connectivity index (χ3v) is 2.79. The Balaban J connectivity index is 0.00000220. The third kappa shape index (κ3) is 3.98. The minimum atomic E-state index is -0.607. The quantitative estimate of drug-likeness (QED) is 0.261. The summed E-state index contributed by atoms with van der Waals surface area (Å²) in [5.74, 6) is 0. The van der Waals surface area contributed by atoms with Gasteiger partial charge in [0.15, 0.2) is 0 Å². The van der Waals surface area contributed by atoms with Crippen molar-refractivity contribution in [2.75, 3.05) is 11.5 Å². The molecule has 2 radical (unpaired) electrons. The Morgan fingerprint density at radius 2 is 1.09 bits per heavy atom. The zero-order chi connectivity index (χ0) is 14.9. The van der Waals surface area contributed by atoms with Gasteiger partial charge in [0, 0.05) is 12.1 Å². The van der Waals surface area contributed by atoms with Crippen molar-refractivity contribution in [3.63, 3.8) is 0 Å². The fourth-order valence-electron chi connectivity index (χ4n) is 1.76. The van der Waals surface area contributed by atoms with E-state index in [4.69, 9.17) is 11.5 Å². The van der Waals surface area contributed by atoms with Gasteiger partial charge in [-0.05, 0) is 23.3 Å². The van der Waals surface area contributed by atoms with Crippen molar-refractivity contribution in [3.05, 3.63) is 56.6 Å². The van der Waals surface area contributed by atoms with Crippen LogP contribution in [0.5, 0.6) is 0 Å². The van der Waals surface area contributed by atoms with E-state index in [0.717, 1.165) is 0 Å². The van der Waals surface area contributed by atoms with E-state index in [-0.39, 0.29) is 59.1 Å². The molecule has 4 N–H and O–H groups in total. The van der Waals surface area contributed by atoms with Crippen LogP contribution in [0.4, 0.5) is 22.7 Å². The number of nitro benzene ring substituents is 2. The van der Waals surface area contributed by atoms with Crippen molar-refractivity contribution in [3.8, 4) is 11.1 Å². The molecule has 0 bridgehead atoms. The van der Waals surface area contributed by atoms with Crippen LogP contribution in [0.15, 0.2) is 36.4 Å². The first-order chi connectivity index (χ1) is 9.40. The average molecular weight is 430 g/mol. The molecule has 8 nitrogen and oxygen atoms in total. The van der Waals surface area contributed by atoms with Crippen LogP contribution in [0.1, 0.15) is 0 Å². The van der Waals surface area contributed by atoms with Crippen LogP contribution in [0.25, 0.3) is 11.1 Å². The minimum absolute atomic E-state index is 0. The molecule has 10 heteroatoms. The zero-order valence-electron chi connectivity index (χ0n) is 11.2. The monoisotopic (exact) mass is 431 g/mol. The number of nitrogen functional groups attached to an aromatic ring is 2. The summed E-state index contributed by atoms with van der Waals surface area (Å²) in [6.45, 7) is 0. The summed E-state index contributed by atoms with van der Waals surface area (Å²) in [6, 6.07) is 8.41. The molecular formula is C12H12ClN4O4Sn-. The van der Waals surface area contributed by atoms with E-state index < -0.39 is 9.85 Å². The SMILES string of the molecule is Nc1ccc(-c2ccc(N)c([N+](=O)[O-])c2)cc1[N+](=O)[O-].[Cl-].[SnH2]. The number of anilines is 2. The van der Waals surface area contributed by atoms with Crippen molar-refractivity contribution >= 4 is 46.7 Å². The van der Waals surface area contributed by atoms with Gasteiger partial charge in [-0.15, -0.1) is 0 Å². The molecule has 0 aliphatic rings. The summed E-state index contributed by atoms with van der Waals surface area (Å²) in [6.07, 6.45) is 0. The summed E-state index contributed by atoms with van der Waals surface area (Å²) < 4.78 is 0. The van der Waals surface area contributed by atoms with E-state index in [2.05, 4.69) is 0 Å². The van der Waals surface area contributed by atoms with Gasteiger partial charge in [0.1, 0.15) is 11.4 Å². The van der Waals surface area contributed by atoms with E-state index in [0.29, 0.717) is 11.1 Å². The first kappa shape index (κ1) is 19.9. The Kier molecular flexibility index (Phi) is 7.07. The fourth-order valence-corrected chi connectivity index (χ4v) is 1.76. The molecule has 0 amide bonds. The summed E-state index contributed by atoms with van der Waals surface area (Å²) in [5, 5.41) is 21.7. The van der Waals surface area contributed by atoms with Gasteiger partial charge >= 0.3 is 23.9 Å². The molecule has 0 heterocycles. The van der Waals surface area contributed by atoms with Gasteiger partial charge in [0.25, 0.3) is 11.4 Å². The van der Waals surface area contributed by atoms with Gasteiger partial charge in [0.05, 0.1) is 9.85 Å². The van der Waals surface area contributed by atoms with Crippen LogP contribution in [-0.4, -0.2) is 33.8 Å². The summed E-state index contributed by atoms with van der Waals surface area (Å²) >= 11 is 0. The molecule has 0 aliphatic heterocycles. The average Bonchev–Trinajstić information content (AvgIpc) is 2.39. The number of benzene rings is 2. The van der Waals surface area contributed by atoms with Crippen molar-refractivity contribution in [1.82, 2.24) is 0 Å². The number of nitrogens with zero attached hydrogens (tertiary/aromatic N) is 2. The second kappa shape index (κ2) is 7.80. The Morgan fingerprint density at radius 3 is 1.36 bits per heavy atom. The van der Waals surface area contributed by atoms with E-state index in [1.165, 1.54) is 24.3 Å². The van der Waals surface area contributed by atoms with E-state index in [1.54, 1.807) is 12.1 Å². The fraction of sp³-hybridized carbons (Fsp3) is 0. The first-order valence-electron chi connectivity index (χ1n) is 5.48. The van der Waals surface area contributed by atoms with E-state index in [9.17, 15) is 20.2 Å². The summed E-state index contributed by atoms with van der Waals surface area (Å²) in [4.78, 5) is 20.5. The molecule has 0 saturated heterocycles. The molecule has 0 aromatic heterocycles. The van der Waals surface area contributed by atoms with Crippen LogP contribution in [0, 0.1) is 20.2 Å². The molecule has 116 valence electrons. The standard InChI is InChI=1S/C12H10N4O4.ClH.Sn.2H/c13-9-3-1-7(5-11(9)15(17)18)8-2-4-10(14)12(6-8)16(19)20;;;;/h1-6H,13-14H2;1H;;;/p-1. The Hall–Kier alpha value is -2.07. The van der Waals surface area contributed by atoms with Gasteiger partial charge < -0.3 is 23.9 Å². The molecule has 0 aliphatic carbocycles. The molecule has 2 rings (SSSR count). The number of halogens is 1. The van der Waals surface area contributed by atoms with Crippen molar-refractivity contribution < 1.29 is 22.3 Å². The Labute approximate surface area is 148 Å². The van der Waals surface area contributed by atoms with Crippen LogP contribution < -0.4 is 23.9 Å². The molecule has 0 saturated carbocycles. The van der Waals surface area contributed by atoms with Crippen LogP contribution in [-0.2, 0) is 0 Å². The van der Waals surface area contributed by atoms with Crippen LogP contribution in [0.3, 0.4) is 0 Å². The number of hydrogen-bond acceptors (Lipinski definition) is 6. The molecule has 0 unspecified atom stereocenters. The first-order valence-corrected chi connectivity index (χ1v) is 5.48. The molecular weight excluding hydrogens is 418 g/mol. The van der Waals surface area contributed by atoms with Crippen LogP contribution in [0.2, 0.25) is 0 Å². The number of hydrogen-bond donors (Lipinski definition) is 2. The van der Waals surface area contributed by atoms with Gasteiger partial charge in [0.2, 0.25) is 0 Å². The Bertz CT molecular complexity index is 665. The molecule has 22 heavy (non-hydrogen) atoms. The van der Waals surface area contributed by atoms with E-state index in [1.807, 2.05) is 0 Å². The third-order valence-electron chi connectivity index (χ3n) is 2.79. The van der Waals surface area contributed by atoms with Gasteiger partial charge in [-0.25, -0.2) is 0 Å². The molecule has 0 spiro atoms. The Morgan fingerprint density at radius 1 is 0.773 bits per heavy atom. The van der Waals surface area contributed by atoms with Crippen molar-refractivity contribution in [1.29, 1.82) is 0 Å². The van der Waals surface area contributed by atoms with Crippen molar-refractivity contribution in [2.24, 2.45) is 0 Å². The number of rotatable bonds is 3. The molecule has 2 aromatic rings. The van der Waals surface area contributed by atoms with Crippen molar-refractivity contribution in [2.45, 2.75) is 0 Å². The predicted molar refractivity (Wildman–Crippen MR) is 82.6 cm³/mol.